The van der Waals surface area contributed by atoms with Gasteiger partial charge in [0.1, 0.15) is 16.1 Å². The van der Waals surface area contributed by atoms with Gasteiger partial charge in [-0.25, -0.2) is 0 Å². The highest BCUT2D eigenvalue weighted by Crippen LogP contribution is 2.61. The highest BCUT2D eigenvalue weighted by molar-refractivity contribution is 7.23. The summed E-state index contributed by atoms with van der Waals surface area (Å²) in [6.07, 6.45) is 0. The maximum absolute atomic E-state index is 5.65. The molecule has 0 saturated heterocycles. The predicted molar refractivity (Wildman–Crippen MR) is 212 cm³/mol. The zero-order chi connectivity index (χ0) is 33.6. The van der Waals surface area contributed by atoms with E-state index >= 15 is 0 Å². The minimum atomic E-state index is -2.94. The van der Waals surface area contributed by atoms with E-state index in [4.69, 9.17) is 9.97 Å². The number of benzene rings is 3. The summed E-state index contributed by atoms with van der Waals surface area (Å²) in [5.41, 5.74) is 7.29. The molecule has 3 aromatic carbocycles. The summed E-state index contributed by atoms with van der Waals surface area (Å²) < 4.78 is 0. The molecule has 5 aromatic rings. The van der Waals surface area contributed by atoms with Crippen molar-refractivity contribution < 1.29 is 0 Å². The Hall–Kier alpha value is -3.91. The molecule has 5 heteroatoms. The Morgan fingerprint density at radius 2 is 0.809 bits per heavy atom. The third kappa shape index (κ3) is 5.90. The van der Waals surface area contributed by atoms with Gasteiger partial charge < -0.3 is 0 Å². The van der Waals surface area contributed by atoms with Gasteiger partial charge in [-0.3, -0.25) is 9.97 Å². The van der Waals surface area contributed by atoms with Gasteiger partial charge in [-0.2, -0.15) is 0 Å². The Morgan fingerprint density at radius 3 is 1.15 bits per heavy atom. The lowest BCUT2D eigenvalue weighted by Crippen LogP contribution is -2.57. The average molecular weight is 665 g/mol. The van der Waals surface area contributed by atoms with Crippen LogP contribution < -0.4 is 15.8 Å². The third-order valence-corrected chi connectivity index (χ3v) is 19.1. The molecule has 0 N–H and O–H groups in total. The first kappa shape index (κ1) is 33.0. The van der Waals surface area contributed by atoms with Crippen molar-refractivity contribution in [1.29, 1.82) is 0 Å². The first-order chi connectivity index (χ1) is 22.2. The maximum Gasteiger partial charge on any atom is 0.160 e. The molecule has 3 heterocycles. The molecule has 238 valence electrons. The fraction of sp³-hybridized carbons (Fsp3) is 0.238. The first-order valence-corrected chi connectivity index (χ1v) is 25.9. The number of aromatic nitrogens is 2. The molecule has 0 spiro atoms. The van der Waals surface area contributed by atoms with E-state index in [0.29, 0.717) is 0 Å². The van der Waals surface area contributed by atoms with Crippen molar-refractivity contribution in [3.63, 3.8) is 0 Å². The van der Waals surface area contributed by atoms with Gasteiger partial charge in [0.05, 0.1) is 11.4 Å². The summed E-state index contributed by atoms with van der Waals surface area (Å²) in [6, 6.07) is 47.1. The molecule has 0 amide bonds. The number of hydrogen-bond donors (Lipinski definition) is 0. The largest absolute Gasteiger partial charge is 0.258 e. The molecule has 47 heavy (non-hydrogen) atoms. The van der Waals surface area contributed by atoms with E-state index in [0.717, 1.165) is 11.4 Å². The second kappa shape index (κ2) is 12.3. The fourth-order valence-corrected chi connectivity index (χ4v) is 15.6. The Balaban J connectivity index is 1.91. The summed E-state index contributed by atoms with van der Waals surface area (Å²) in [7, 11) is -6.38. The first-order valence-electron chi connectivity index (χ1n) is 16.9. The minimum absolute atomic E-state index is 0.136. The van der Waals surface area contributed by atoms with Crippen LogP contribution in [0.5, 0.6) is 0 Å². The zero-order valence-electron chi connectivity index (χ0n) is 29.5. The molecule has 0 unspecified atom stereocenters. The van der Waals surface area contributed by atoms with E-state index < -0.39 is 24.2 Å². The lowest BCUT2D eigenvalue weighted by molar-refractivity contribution is 0.741. The molecule has 6 rings (SSSR count). The lowest BCUT2D eigenvalue weighted by atomic mass is 9.90. The summed E-state index contributed by atoms with van der Waals surface area (Å²) in [5, 5.41) is 6.55. The number of rotatable bonds is 7. The van der Waals surface area contributed by atoms with Crippen molar-refractivity contribution in [2.24, 2.45) is 0 Å². The Morgan fingerprint density at radius 1 is 0.447 bits per heavy atom. The van der Waals surface area contributed by atoms with Gasteiger partial charge in [0.15, 0.2) is 8.07 Å². The SMILES string of the molecule is CC(C)(C)[Si]1(c2ccccc2)C(c2cccc([Si](C)(C)C)n2)=C(c2ccccc2)C(c2ccccc2)=C1c1cccc([Si](C)(C)C)n1. The lowest BCUT2D eigenvalue weighted by Gasteiger charge is -2.45. The van der Waals surface area contributed by atoms with Crippen LogP contribution in [-0.4, -0.2) is 34.2 Å². The third-order valence-electron chi connectivity index (χ3n) is 9.50. The van der Waals surface area contributed by atoms with Crippen LogP contribution in [0.3, 0.4) is 0 Å². The standard InChI is InChI=1S/C42H48N2Si3/c1-42(2,3)47(33-25-17-12-18-26-33)40(34-27-19-29-36(43-34)45(4,5)6)38(31-21-13-10-14-22-31)39(32-23-15-11-16-24-32)41(47)35-28-20-30-37(44-35)46(7,8)9/h10-30H,1-9H3. The van der Waals surface area contributed by atoms with Gasteiger partial charge in [0.25, 0.3) is 0 Å². The summed E-state index contributed by atoms with van der Waals surface area (Å²) in [6.45, 7) is 21.8. The average Bonchev–Trinajstić information content (AvgIpc) is 3.39. The van der Waals surface area contributed by atoms with Crippen LogP contribution in [0.1, 0.15) is 43.3 Å². The van der Waals surface area contributed by atoms with Crippen LogP contribution in [0, 0.1) is 0 Å². The van der Waals surface area contributed by atoms with E-state index in [1.54, 1.807) is 0 Å². The summed E-state index contributed by atoms with van der Waals surface area (Å²) in [5.74, 6) is 0. The van der Waals surface area contributed by atoms with E-state index in [1.807, 2.05) is 0 Å². The van der Waals surface area contributed by atoms with Crippen LogP contribution in [0.4, 0.5) is 0 Å². The number of pyridine rings is 2. The number of nitrogens with zero attached hydrogens (tertiary/aromatic N) is 2. The Labute approximate surface area is 285 Å². The number of allylic oxidation sites excluding steroid dienone is 2. The Kier molecular flexibility index (Phi) is 8.62. The molecule has 0 radical (unpaired) electrons. The minimum Gasteiger partial charge on any atom is -0.258 e. The van der Waals surface area contributed by atoms with Crippen LogP contribution >= 0.6 is 0 Å². The molecule has 0 fully saturated rings. The zero-order valence-corrected chi connectivity index (χ0v) is 32.5. The second-order valence-corrected chi connectivity index (χ2v) is 30.5. The molecule has 0 atom stereocenters. The topological polar surface area (TPSA) is 25.8 Å². The van der Waals surface area contributed by atoms with Gasteiger partial charge in [0, 0.05) is 10.6 Å². The molecular weight excluding hydrogens is 617 g/mol. The van der Waals surface area contributed by atoms with Crippen molar-refractivity contribution in [2.45, 2.75) is 65.1 Å². The van der Waals surface area contributed by atoms with Crippen LogP contribution in [0.25, 0.3) is 21.5 Å². The van der Waals surface area contributed by atoms with E-state index in [1.165, 1.54) is 48.5 Å². The molecule has 0 saturated carbocycles. The number of hydrogen-bond acceptors (Lipinski definition) is 2. The van der Waals surface area contributed by atoms with Gasteiger partial charge in [-0.05, 0) is 67.2 Å². The maximum atomic E-state index is 5.65. The van der Waals surface area contributed by atoms with Gasteiger partial charge in [-0.1, -0.05) is 163 Å². The molecular formula is C42H48N2Si3. The molecule has 0 aliphatic carbocycles. The smallest absolute Gasteiger partial charge is 0.160 e. The molecule has 0 bridgehead atoms. The quantitative estimate of drug-likeness (QED) is 0.162. The Bertz CT molecular complexity index is 1840. The molecule has 2 nitrogen and oxygen atoms in total. The van der Waals surface area contributed by atoms with Crippen molar-refractivity contribution in [2.75, 3.05) is 0 Å². The van der Waals surface area contributed by atoms with E-state index in [2.05, 4.69) is 187 Å². The summed E-state index contributed by atoms with van der Waals surface area (Å²) >= 11 is 0. The van der Waals surface area contributed by atoms with Crippen LogP contribution in [0.15, 0.2) is 127 Å². The summed E-state index contributed by atoms with van der Waals surface area (Å²) in [4.78, 5) is 11.3. The van der Waals surface area contributed by atoms with E-state index in [9.17, 15) is 0 Å². The highest BCUT2D eigenvalue weighted by atomic mass is 28.3. The van der Waals surface area contributed by atoms with Crippen LogP contribution in [-0.2, 0) is 0 Å². The van der Waals surface area contributed by atoms with Crippen molar-refractivity contribution in [1.82, 2.24) is 9.97 Å². The van der Waals surface area contributed by atoms with Crippen molar-refractivity contribution >= 4 is 61.6 Å². The highest BCUT2D eigenvalue weighted by Gasteiger charge is 2.59. The fourth-order valence-electron chi connectivity index (χ4n) is 7.32. The molecule has 2 aromatic heterocycles. The normalized spacial score (nSPS) is 15.3. The monoisotopic (exact) mass is 664 g/mol. The molecule has 1 aliphatic heterocycles. The van der Waals surface area contributed by atoms with Gasteiger partial charge in [-0.15, -0.1) is 0 Å². The predicted octanol–water partition coefficient (Wildman–Crippen LogP) is 9.34. The molecule has 1 aliphatic rings. The second-order valence-electron chi connectivity index (χ2n) is 15.9. The van der Waals surface area contributed by atoms with Crippen LogP contribution in [0.2, 0.25) is 44.3 Å². The van der Waals surface area contributed by atoms with Crippen molar-refractivity contribution in [3.05, 3.63) is 150 Å². The van der Waals surface area contributed by atoms with Crippen molar-refractivity contribution in [3.8, 4) is 0 Å². The van der Waals surface area contributed by atoms with Gasteiger partial charge >= 0.3 is 0 Å². The van der Waals surface area contributed by atoms with E-state index in [-0.39, 0.29) is 5.04 Å². The van der Waals surface area contributed by atoms with Gasteiger partial charge in [0.2, 0.25) is 0 Å².